The fraction of sp³-hybridized carbons (Fsp3) is 0.300. The molecule has 0 radical (unpaired) electrons. The highest BCUT2D eigenvalue weighted by Crippen LogP contribution is 2.20. The van der Waals surface area contributed by atoms with Crippen molar-refractivity contribution in [2.24, 2.45) is 10.7 Å². The first-order valence-electron chi connectivity index (χ1n) is 8.92. The smallest absolute Gasteiger partial charge is 0.248 e. The summed E-state index contributed by atoms with van der Waals surface area (Å²) in [6.07, 6.45) is 0. The van der Waals surface area contributed by atoms with Gasteiger partial charge in [-0.2, -0.15) is 0 Å². The number of hydrogen-bond acceptors (Lipinski definition) is 3. The number of nitrogens with zero attached hydrogens (tertiary/aromatic N) is 3. The summed E-state index contributed by atoms with van der Waals surface area (Å²) in [6.45, 7) is 3.58. The van der Waals surface area contributed by atoms with Crippen LogP contribution in [0, 0.1) is 5.82 Å². The number of para-hydroxylation sites is 1. The second-order valence-electron chi connectivity index (χ2n) is 6.39. The number of nitrogens with two attached hydrogens (primary N) is 1. The van der Waals surface area contributed by atoms with Crippen LogP contribution in [0.4, 0.5) is 10.1 Å². The van der Waals surface area contributed by atoms with Crippen LogP contribution in [0.5, 0.6) is 0 Å². The lowest BCUT2D eigenvalue weighted by molar-refractivity contribution is 0.100. The molecule has 0 aliphatic carbocycles. The van der Waals surface area contributed by atoms with Crippen LogP contribution in [-0.2, 0) is 6.54 Å². The van der Waals surface area contributed by atoms with Gasteiger partial charge in [-0.25, -0.2) is 4.39 Å². The average molecular weight is 497 g/mol. The van der Waals surface area contributed by atoms with Crippen molar-refractivity contribution in [1.82, 2.24) is 10.2 Å². The normalized spacial score (nSPS) is 14.4. The summed E-state index contributed by atoms with van der Waals surface area (Å²) in [5.41, 5.74) is 7.43. The van der Waals surface area contributed by atoms with Gasteiger partial charge in [0.05, 0.1) is 5.69 Å². The maximum atomic E-state index is 14.0. The molecule has 1 heterocycles. The Labute approximate surface area is 181 Å². The Morgan fingerprint density at radius 3 is 2.32 bits per heavy atom. The molecule has 0 spiro atoms. The summed E-state index contributed by atoms with van der Waals surface area (Å²) in [7, 11) is 1.75. The Morgan fingerprint density at radius 1 is 1.11 bits per heavy atom. The predicted octanol–water partition coefficient (Wildman–Crippen LogP) is 2.44. The Morgan fingerprint density at radius 2 is 1.75 bits per heavy atom. The molecule has 3 rings (SSSR count). The maximum Gasteiger partial charge on any atom is 0.248 e. The number of piperazine rings is 1. The van der Waals surface area contributed by atoms with Gasteiger partial charge in [0.1, 0.15) is 5.82 Å². The lowest BCUT2D eigenvalue weighted by atomic mass is 10.1. The van der Waals surface area contributed by atoms with E-state index in [-0.39, 0.29) is 29.8 Å². The van der Waals surface area contributed by atoms with Crippen molar-refractivity contribution in [1.29, 1.82) is 0 Å². The zero-order valence-electron chi connectivity index (χ0n) is 15.8. The molecule has 1 aliphatic rings. The molecule has 1 fully saturated rings. The number of aliphatic imine (C=N–C) groups is 1. The maximum absolute atomic E-state index is 14.0. The molecule has 1 saturated heterocycles. The summed E-state index contributed by atoms with van der Waals surface area (Å²) in [4.78, 5) is 19.7. The highest BCUT2D eigenvalue weighted by molar-refractivity contribution is 14.0. The molecule has 8 heteroatoms. The fourth-order valence-electron chi connectivity index (χ4n) is 3.17. The molecule has 0 atom stereocenters. The summed E-state index contributed by atoms with van der Waals surface area (Å²) < 4.78 is 14.0. The molecular formula is C20H25FIN5O. The number of benzene rings is 2. The molecule has 1 aliphatic heterocycles. The van der Waals surface area contributed by atoms with Gasteiger partial charge in [-0.3, -0.25) is 9.79 Å². The van der Waals surface area contributed by atoms with E-state index < -0.39 is 5.91 Å². The molecule has 1 amide bonds. The standard InChI is InChI=1S/C20H24FN5O.HI/c1-23-20(24-14-15-6-8-16(9-7-15)19(22)27)26-12-10-25(11-13-26)18-5-3-2-4-17(18)21;/h2-9H,10-14H2,1H3,(H2,22,27)(H,23,24);1H. The predicted molar refractivity (Wildman–Crippen MR) is 121 cm³/mol. The van der Waals surface area contributed by atoms with Gasteiger partial charge in [-0.15, -0.1) is 24.0 Å². The number of carbonyl (C=O) groups excluding carboxylic acids is 1. The molecule has 2 aromatic carbocycles. The van der Waals surface area contributed by atoms with Crippen molar-refractivity contribution >= 4 is 41.5 Å². The molecule has 0 aromatic heterocycles. The number of carbonyl (C=O) groups is 1. The van der Waals surface area contributed by atoms with E-state index in [1.165, 1.54) is 6.07 Å². The molecule has 3 N–H and O–H groups in total. The van der Waals surface area contributed by atoms with Crippen molar-refractivity contribution < 1.29 is 9.18 Å². The minimum atomic E-state index is -0.432. The van der Waals surface area contributed by atoms with Gasteiger partial charge in [0.2, 0.25) is 5.91 Å². The Kier molecular flexibility index (Phi) is 8.04. The van der Waals surface area contributed by atoms with Crippen LogP contribution < -0.4 is 16.0 Å². The molecular weight excluding hydrogens is 472 g/mol. The first-order chi connectivity index (χ1) is 13.1. The fourth-order valence-corrected chi connectivity index (χ4v) is 3.17. The van der Waals surface area contributed by atoms with Crippen molar-refractivity contribution in [3.8, 4) is 0 Å². The Balaban J connectivity index is 0.00000280. The quantitative estimate of drug-likeness (QED) is 0.387. The van der Waals surface area contributed by atoms with Gasteiger partial charge >= 0.3 is 0 Å². The molecule has 28 heavy (non-hydrogen) atoms. The zero-order chi connectivity index (χ0) is 19.2. The number of halogens is 2. The Hall–Kier alpha value is -2.36. The SMILES string of the molecule is CN=C(NCc1ccc(C(N)=O)cc1)N1CCN(c2ccccc2F)CC1.I. The zero-order valence-corrected chi connectivity index (χ0v) is 18.1. The lowest BCUT2D eigenvalue weighted by Gasteiger charge is -2.37. The molecule has 0 saturated carbocycles. The van der Waals surface area contributed by atoms with Crippen LogP contribution in [-0.4, -0.2) is 50.0 Å². The van der Waals surface area contributed by atoms with Crippen LogP contribution >= 0.6 is 24.0 Å². The van der Waals surface area contributed by atoms with E-state index in [9.17, 15) is 9.18 Å². The van der Waals surface area contributed by atoms with Crippen molar-refractivity contribution in [3.63, 3.8) is 0 Å². The van der Waals surface area contributed by atoms with E-state index in [0.29, 0.717) is 17.8 Å². The van der Waals surface area contributed by atoms with E-state index in [1.807, 2.05) is 24.3 Å². The largest absolute Gasteiger partial charge is 0.366 e. The van der Waals surface area contributed by atoms with Gasteiger partial charge in [-0.05, 0) is 29.8 Å². The van der Waals surface area contributed by atoms with E-state index in [4.69, 9.17) is 5.73 Å². The monoisotopic (exact) mass is 497 g/mol. The first-order valence-corrected chi connectivity index (χ1v) is 8.92. The van der Waals surface area contributed by atoms with Crippen LogP contribution in [0.15, 0.2) is 53.5 Å². The third-order valence-corrected chi connectivity index (χ3v) is 4.67. The van der Waals surface area contributed by atoms with Gasteiger partial charge in [0.15, 0.2) is 5.96 Å². The second-order valence-corrected chi connectivity index (χ2v) is 6.39. The highest BCUT2D eigenvalue weighted by Gasteiger charge is 2.21. The lowest BCUT2D eigenvalue weighted by Crippen LogP contribution is -2.52. The van der Waals surface area contributed by atoms with Gasteiger partial charge < -0.3 is 20.9 Å². The third kappa shape index (κ3) is 5.34. The minimum absolute atomic E-state index is 0. The van der Waals surface area contributed by atoms with Crippen molar-refractivity contribution in [3.05, 3.63) is 65.5 Å². The molecule has 150 valence electrons. The van der Waals surface area contributed by atoms with Crippen LogP contribution in [0.3, 0.4) is 0 Å². The van der Waals surface area contributed by atoms with Gasteiger partial charge in [0.25, 0.3) is 0 Å². The van der Waals surface area contributed by atoms with E-state index in [0.717, 1.165) is 37.7 Å². The molecule has 2 aromatic rings. The third-order valence-electron chi connectivity index (χ3n) is 4.67. The van der Waals surface area contributed by atoms with Gasteiger partial charge in [-0.1, -0.05) is 24.3 Å². The number of rotatable bonds is 4. The van der Waals surface area contributed by atoms with E-state index in [2.05, 4.69) is 20.1 Å². The topological polar surface area (TPSA) is 74.0 Å². The van der Waals surface area contributed by atoms with Crippen LogP contribution in [0.25, 0.3) is 0 Å². The average Bonchev–Trinajstić information content (AvgIpc) is 2.70. The second kappa shape index (κ2) is 10.3. The number of nitrogens with one attached hydrogen (secondary N) is 1. The number of hydrogen-bond donors (Lipinski definition) is 2. The highest BCUT2D eigenvalue weighted by atomic mass is 127. The van der Waals surface area contributed by atoms with Crippen molar-refractivity contribution in [2.45, 2.75) is 6.54 Å². The number of primary amides is 1. The van der Waals surface area contributed by atoms with Crippen LogP contribution in [0.1, 0.15) is 15.9 Å². The molecule has 0 unspecified atom stereocenters. The Bertz CT molecular complexity index is 820. The van der Waals surface area contributed by atoms with Crippen LogP contribution in [0.2, 0.25) is 0 Å². The van der Waals surface area contributed by atoms with E-state index >= 15 is 0 Å². The summed E-state index contributed by atoms with van der Waals surface area (Å²) in [5.74, 6) is 0.188. The van der Waals surface area contributed by atoms with E-state index in [1.54, 1.807) is 25.2 Å². The summed E-state index contributed by atoms with van der Waals surface area (Å²) >= 11 is 0. The first kappa shape index (κ1) is 21.9. The number of anilines is 1. The summed E-state index contributed by atoms with van der Waals surface area (Å²) in [6, 6.07) is 14.0. The molecule has 0 bridgehead atoms. The van der Waals surface area contributed by atoms with Crippen molar-refractivity contribution in [2.75, 3.05) is 38.1 Å². The number of guanidine groups is 1. The van der Waals surface area contributed by atoms with Gasteiger partial charge in [0, 0.05) is 45.3 Å². The minimum Gasteiger partial charge on any atom is -0.366 e. The molecule has 6 nitrogen and oxygen atoms in total. The summed E-state index contributed by atoms with van der Waals surface area (Å²) in [5, 5.41) is 3.34. The number of amides is 1.